The molecule has 2 atom stereocenters. The number of morpholine rings is 1. The van der Waals surface area contributed by atoms with Crippen LogP contribution in [0.5, 0.6) is 0 Å². The molecule has 1 saturated heterocycles. The van der Waals surface area contributed by atoms with Crippen LogP contribution in [-0.4, -0.2) is 53.5 Å². The van der Waals surface area contributed by atoms with Crippen molar-refractivity contribution in [1.82, 2.24) is 9.97 Å². The van der Waals surface area contributed by atoms with Crippen LogP contribution in [0, 0.1) is 0 Å². The summed E-state index contributed by atoms with van der Waals surface area (Å²) in [6.45, 7) is 6.23. The first-order chi connectivity index (χ1) is 8.74. The van der Waals surface area contributed by atoms with Gasteiger partial charge < -0.3 is 20.1 Å². The summed E-state index contributed by atoms with van der Waals surface area (Å²) in [6.07, 6.45) is 1.42. The van der Waals surface area contributed by atoms with Gasteiger partial charge in [0.25, 0.3) is 0 Å². The molecule has 18 heavy (non-hydrogen) atoms. The van der Waals surface area contributed by atoms with E-state index in [1.165, 1.54) is 0 Å². The number of aliphatic hydroxyl groups is 1. The Hall–Kier alpha value is -1.40. The zero-order chi connectivity index (χ0) is 13.0. The van der Waals surface area contributed by atoms with Gasteiger partial charge in [0.1, 0.15) is 18.0 Å². The van der Waals surface area contributed by atoms with Gasteiger partial charge in [0, 0.05) is 19.2 Å². The highest BCUT2D eigenvalue weighted by Gasteiger charge is 2.26. The second-order valence-corrected chi connectivity index (χ2v) is 4.43. The fraction of sp³-hybridized carbons (Fsp3) is 0.667. The third-order valence-electron chi connectivity index (χ3n) is 3.01. The predicted octanol–water partition coefficient (Wildman–Crippen LogP) is 0.494. The van der Waals surface area contributed by atoms with Crippen molar-refractivity contribution in [3.05, 3.63) is 12.4 Å². The molecule has 0 bridgehead atoms. The molecule has 0 saturated carbocycles. The Morgan fingerprint density at radius 3 is 3.11 bits per heavy atom. The summed E-state index contributed by atoms with van der Waals surface area (Å²) in [7, 11) is 0. The van der Waals surface area contributed by atoms with Crippen LogP contribution in [0.4, 0.5) is 11.6 Å². The van der Waals surface area contributed by atoms with Crippen LogP contribution in [0.2, 0.25) is 0 Å². The summed E-state index contributed by atoms with van der Waals surface area (Å²) >= 11 is 0. The molecular formula is C12H20N4O2. The van der Waals surface area contributed by atoms with E-state index in [1.54, 1.807) is 6.33 Å². The number of ether oxygens (including phenoxy) is 1. The highest BCUT2D eigenvalue weighted by molar-refractivity contribution is 5.49. The first-order valence-electron chi connectivity index (χ1n) is 6.29. The molecule has 1 fully saturated rings. The van der Waals surface area contributed by atoms with Crippen molar-refractivity contribution < 1.29 is 9.84 Å². The van der Waals surface area contributed by atoms with Gasteiger partial charge >= 0.3 is 0 Å². The summed E-state index contributed by atoms with van der Waals surface area (Å²) in [5.74, 6) is 1.69. The standard InChI is InChI=1S/C12H20N4O2/c1-3-13-11-4-12(15-8-14-11)16-5-10(6-17)18-7-9(16)2/h4,8-10,17H,3,5-7H2,1-2H3,(H,13,14,15). The smallest absolute Gasteiger partial charge is 0.134 e. The predicted molar refractivity (Wildman–Crippen MR) is 69.8 cm³/mol. The van der Waals surface area contributed by atoms with Crippen LogP contribution in [0.3, 0.4) is 0 Å². The Morgan fingerprint density at radius 1 is 1.56 bits per heavy atom. The van der Waals surface area contributed by atoms with E-state index in [9.17, 15) is 5.11 Å². The van der Waals surface area contributed by atoms with Crippen molar-refractivity contribution >= 4 is 11.6 Å². The molecule has 6 heteroatoms. The van der Waals surface area contributed by atoms with E-state index in [4.69, 9.17) is 4.74 Å². The van der Waals surface area contributed by atoms with Gasteiger partial charge in [-0.3, -0.25) is 0 Å². The van der Waals surface area contributed by atoms with Crippen LogP contribution >= 0.6 is 0 Å². The Labute approximate surface area is 107 Å². The van der Waals surface area contributed by atoms with E-state index in [0.717, 1.165) is 18.2 Å². The van der Waals surface area contributed by atoms with Gasteiger partial charge in [-0.1, -0.05) is 0 Å². The van der Waals surface area contributed by atoms with Crippen LogP contribution < -0.4 is 10.2 Å². The zero-order valence-electron chi connectivity index (χ0n) is 10.8. The number of aliphatic hydroxyl groups excluding tert-OH is 1. The maximum atomic E-state index is 9.18. The van der Waals surface area contributed by atoms with E-state index in [-0.39, 0.29) is 18.8 Å². The molecule has 1 aromatic heterocycles. The molecule has 0 radical (unpaired) electrons. The molecule has 0 aliphatic carbocycles. The summed E-state index contributed by atoms with van der Waals surface area (Å²) in [6, 6.07) is 2.18. The van der Waals surface area contributed by atoms with Gasteiger partial charge in [-0.15, -0.1) is 0 Å². The molecule has 6 nitrogen and oxygen atoms in total. The molecule has 0 amide bonds. The molecule has 1 aliphatic heterocycles. The normalized spacial score (nSPS) is 24.1. The van der Waals surface area contributed by atoms with Gasteiger partial charge in [0.05, 0.1) is 25.4 Å². The summed E-state index contributed by atoms with van der Waals surface area (Å²) < 4.78 is 5.52. The lowest BCUT2D eigenvalue weighted by molar-refractivity contribution is -0.0105. The minimum atomic E-state index is -0.140. The van der Waals surface area contributed by atoms with E-state index in [2.05, 4.69) is 27.1 Å². The first kappa shape index (κ1) is 13.0. The Bertz CT molecular complexity index is 388. The number of aromatic nitrogens is 2. The molecule has 0 spiro atoms. The van der Waals surface area contributed by atoms with E-state index in [1.807, 2.05) is 13.0 Å². The van der Waals surface area contributed by atoms with Gasteiger partial charge in [-0.2, -0.15) is 0 Å². The number of hydrogen-bond acceptors (Lipinski definition) is 6. The second kappa shape index (κ2) is 5.97. The maximum Gasteiger partial charge on any atom is 0.134 e. The largest absolute Gasteiger partial charge is 0.394 e. The molecule has 2 heterocycles. The van der Waals surface area contributed by atoms with Gasteiger partial charge in [0.15, 0.2) is 0 Å². The van der Waals surface area contributed by atoms with Crippen molar-refractivity contribution in [2.24, 2.45) is 0 Å². The molecule has 1 aromatic rings. The molecule has 2 N–H and O–H groups in total. The van der Waals surface area contributed by atoms with E-state index < -0.39 is 0 Å². The SMILES string of the molecule is CCNc1cc(N2CC(CO)OCC2C)ncn1. The van der Waals surface area contributed by atoms with Crippen molar-refractivity contribution in [2.45, 2.75) is 26.0 Å². The third-order valence-corrected chi connectivity index (χ3v) is 3.01. The Kier molecular flexibility index (Phi) is 4.33. The van der Waals surface area contributed by atoms with Gasteiger partial charge in [0.2, 0.25) is 0 Å². The molecule has 0 aromatic carbocycles. The van der Waals surface area contributed by atoms with E-state index >= 15 is 0 Å². The number of nitrogens with zero attached hydrogens (tertiary/aromatic N) is 3. The third kappa shape index (κ3) is 2.88. The lowest BCUT2D eigenvalue weighted by Crippen LogP contribution is -2.50. The van der Waals surface area contributed by atoms with Crippen molar-refractivity contribution in [3.8, 4) is 0 Å². The molecule has 2 unspecified atom stereocenters. The minimum absolute atomic E-state index is 0.0361. The molecule has 100 valence electrons. The van der Waals surface area contributed by atoms with Crippen LogP contribution in [0.1, 0.15) is 13.8 Å². The zero-order valence-corrected chi connectivity index (χ0v) is 10.8. The lowest BCUT2D eigenvalue weighted by atomic mass is 10.2. The molecule has 1 aliphatic rings. The number of nitrogens with one attached hydrogen (secondary N) is 1. The summed E-state index contributed by atoms with van der Waals surface area (Å²) in [5.41, 5.74) is 0. The Balaban J connectivity index is 2.15. The fourth-order valence-corrected chi connectivity index (χ4v) is 2.03. The lowest BCUT2D eigenvalue weighted by Gasteiger charge is -2.38. The van der Waals surface area contributed by atoms with Gasteiger partial charge in [-0.05, 0) is 13.8 Å². The van der Waals surface area contributed by atoms with Gasteiger partial charge in [-0.25, -0.2) is 9.97 Å². The fourth-order valence-electron chi connectivity index (χ4n) is 2.03. The maximum absolute atomic E-state index is 9.18. The quantitative estimate of drug-likeness (QED) is 0.813. The minimum Gasteiger partial charge on any atom is -0.394 e. The van der Waals surface area contributed by atoms with Crippen LogP contribution in [-0.2, 0) is 4.74 Å². The highest BCUT2D eigenvalue weighted by atomic mass is 16.5. The van der Waals surface area contributed by atoms with Crippen molar-refractivity contribution in [2.75, 3.05) is 36.5 Å². The monoisotopic (exact) mass is 252 g/mol. The topological polar surface area (TPSA) is 70.5 Å². The molecule has 2 rings (SSSR count). The number of hydrogen-bond donors (Lipinski definition) is 2. The summed E-state index contributed by atoms with van der Waals surface area (Å²) in [4.78, 5) is 10.6. The summed E-state index contributed by atoms with van der Waals surface area (Å²) in [5, 5.41) is 12.4. The van der Waals surface area contributed by atoms with Crippen molar-refractivity contribution in [3.63, 3.8) is 0 Å². The highest BCUT2D eigenvalue weighted by Crippen LogP contribution is 2.21. The number of rotatable bonds is 4. The van der Waals surface area contributed by atoms with Crippen LogP contribution in [0.25, 0.3) is 0 Å². The molecular weight excluding hydrogens is 232 g/mol. The van der Waals surface area contributed by atoms with E-state index in [0.29, 0.717) is 13.2 Å². The average molecular weight is 252 g/mol. The van der Waals surface area contributed by atoms with Crippen LogP contribution in [0.15, 0.2) is 12.4 Å². The first-order valence-corrected chi connectivity index (χ1v) is 6.29. The Morgan fingerprint density at radius 2 is 2.39 bits per heavy atom. The van der Waals surface area contributed by atoms with Crippen molar-refractivity contribution in [1.29, 1.82) is 0 Å². The average Bonchev–Trinajstić information content (AvgIpc) is 2.40. The second-order valence-electron chi connectivity index (χ2n) is 4.43. The number of anilines is 2.